The Morgan fingerprint density at radius 2 is 1.64 bits per heavy atom. The third-order valence-corrected chi connectivity index (χ3v) is 15.2. The van der Waals surface area contributed by atoms with E-state index in [0.717, 1.165) is 103 Å². The van der Waals surface area contributed by atoms with Crippen LogP contribution in [0.15, 0.2) is 96.6 Å². The fraction of sp³-hybridized carbons (Fsp3) is 0.411. The van der Waals surface area contributed by atoms with Gasteiger partial charge >= 0.3 is 6.18 Å². The number of amides is 1. The zero-order valence-corrected chi connectivity index (χ0v) is 42.4. The number of piperazine rings is 1. The number of piperidine rings is 1. The van der Waals surface area contributed by atoms with E-state index in [1.165, 1.54) is 68.5 Å². The monoisotopic (exact) mass is 1020 g/mol. The van der Waals surface area contributed by atoms with Crippen molar-refractivity contribution in [2.45, 2.75) is 71.4 Å². The van der Waals surface area contributed by atoms with Crippen molar-refractivity contribution in [3.8, 4) is 16.2 Å². The van der Waals surface area contributed by atoms with Gasteiger partial charge in [-0.05, 0) is 141 Å². The molecule has 5 heterocycles. The zero-order valence-electron chi connectivity index (χ0n) is 41.6. The number of aliphatic hydroxyl groups excluding tert-OH is 1. The largest absolute Gasteiger partial charge is 0.489 e. The molecule has 4 N–H and O–H groups in total. The number of halogens is 4. The molecule has 2 aliphatic rings. The topological polar surface area (TPSA) is 123 Å². The van der Waals surface area contributed by atoms with E-state index in [0.29, 0.717) is 22.9 Å². The quantitative estimate of drug-likeness (QED) is 0.0409. The maximum absolute atomic E-state index is 13.8. The molecule has 0 saturated carbocycles. The highest BCUT2D eigenvalue weighted by Crippen LogP contribution is 2.36. The van der Waals surface area contributed by atoms with Gasteiger partial charge in [0.05, 0.1) is 24.6 Å². The van der Waals surface area contributed by atoms with Crippen LogP contribution in [0.2, 0.25) is 0 Å². The van der Waals surface area contributed by atoms with Crippen molar-refractivity contribution in [1.82, 2.24) is 35.0 Å². The Bertz CT molecular complexity index is 2960. The molecule has 12 nitrogen and oxygen atoms in total. The maximum Gasteiger partial charge on any atom is 0.419 e. The van der Waals surface area contributed by atoms with E-state index < -0.39 is 23.5 Å². The number of aryl methyl sites for hydroxylation is 2. The number of nitrogens with one attached hydrogen (secondary N) is 3. The second kappa shape index (κ2) is 23.9. The second-order valence-corrected chi connectivity index (χ2v) is 20.2. The summed E-state index contributed by atoms with van der Waals surface area (Å²) < 4.78 is 61.9. The third kappa shape index (κ3) is 12.9. The number of ether oxygens (including phenoxy) is 1. The van der Waals surface area contributed by atoms with Gasteiger partial charge in [0.2, 0.25) is 0 Å². The maximum atomic E-state index is 13.8. The number of nitrogens with zero attached hydrogens (tertiary/aromatic N) is 6. The van der Waals surface area contributed by atoms with Crippen LogP contribution >= 0.6 is 11.3 Å². The summed E-state index contributed by atoms with van der Waals surface area (Å²) in [5, 5.41) is 23.4. The smallest absolute Gasteiger partial charge is 0.419 e. The summed E-state index contributed by atoms with van der Waals surface area (Å²) in [4.78, 5) is 31.1. The van der Waals surface area contributed by atoms with E-state index in [1.54, 1.807) is 24.4 Å². The van der Waals surface area contributed by atoms with Gasteiger partial charge in [0, 0.05) is 110 Å². The highest BCUT2D eigenvalue weighted by atomic mass is 32.1. The Kier molecular flexibility index (Phi) is 17.0. The predicted octanol–water partition coefficient (Wildman–Crippen LogP) is 9.98. The highest BCUT2D eigenvalue weighted by Gasteiger charge is 2.34. The summed E-state index contributed by atoms with van der Waals surface area (Å²) in [7, 11) is 1.99. The van der Waals surface area contributed by atoms with Gasteiger partial charge in [-0.1, -0.05) is 24.3 Å². The Morgan fingerprint density at radius 1 is 0.836 bits per heavy atom. The molecule has 2 fully saturated rings. The molecule has 17 heteroatoms. The number of thiophene rings is 1. The van der Waals surface area contributed by atoms with Gasteiger partial charge in [0.1, 0.15) is 29.7 Å². The molecule has 0 bridgehead atoms. The van der Waals surface area contributed by atoms with Gasteiger partial charge in [-0.3, -0.25) is 4.79 Å². The molecule has 0 atom stereocenters. The van der Waals surface area contributed by atoms with Crippen molar-refractivity contribution in [2.75, 3.05) is 82.8 Å². The average molecular weight is 1020 g/mol. The van der Waals surface area contributed by atoms with Crippen molar-refractivity contribution in [3.63, 3.8) is 0 Å². The van der Waals surface area contributed by atoms with Crippen LogP contribution in [0.1, 0.15) is 70.9 Å². The summed E-state index contributed by atoms with van der Waals surface area (Å²) in [5.74, 6) is -0.111. The number of rotatable bonds is 21. The number of fused-ring (bicyclic) bond motifs is 3. The second-order valence-electron chi connectivity index (χ2n) is 19.2. The molecule has 386 valence electrons. The summed E-state index contributed by atoms with van der Waals surface area (Å²) in [6.45, 7) is 12.7. The lowest BCUT2D eigenvalue weighted by molar-refractivity contribution is -0.140. The number of aliphatic hydroxyl groups is 1. The zero-order chi connectivity index (χ0) is 50.9. The normalized spacial score (nSPS) is 15.2. The number of anilines is 2. The number of unbranched alkanes of at least 4 members (excludes halogenated alkanes) is 1. The number of hydrogen-bond donors (Lipinski definition) is 4. The van der Waals surface area contributed by atoms with Gasteiger partial charge in [-0.15, -0.1) is 11.3 Å². The highest BCUT2D eigenvalue weighted by molar-refractivity contribution is 7.13. The van der Waals surface area contributed by atoms with Crippen LogP contribution in [0.4, 0.5) is 29.1 Å². The van der Waals surface area contributed by atoms with Crippen LogP contribution < -0.4 is 25.6 Å². The summed E-state index contributed by atoms with van der Waals surface area (Å²) in [5.41, 5.74) is 6.59. The lowest BCUT2D eigenvalue weighted by Gasteiger charge is -2.39. The molecule has 2 aliphatic heterocycles. The molecule has 0 unspecified atom stereocenters. The molecule has 3 aromatic heterocycles. The Morgan fingerprint density at radius 3 is 2.40 bits per heavy atom. The van der Waals surface area contributed by atoms with Crippen LogP contribution in [0.3, 0.4) is 0 Å². The Balaban J connectivity index is 0.683. The fourth-order valence-corrected chi connectivity index (χ4v) is 11.2. The first kappa shape index (κ1) is 51.9. The molecule has 0 radical (unpaired) electrons. The van der Waals surface area contributed by atoms with Crippen molar-refractivity contribution in [1.29, 1.82) is 0 Å². The SMILES string of the molecule is CCn1c2ccc(CNC)cc2c2ccc(-c3cc(CCCCN4CCN(CC5CCN(c6cnc(C(=O)Nc7ccc(OCc8ccc(F)c(C(F)(F)F)c8)c(CNCCO)c7)cn6)CC5)CC4)cs3)cc21. The average Bonchev–Trinajstić information content (AvgIpc) is 4.00. The molecule has 4 aromatic carbocycles. The number of alkyl halides is 3. The molecule has 73 heavy (non-hydrogen) atoms. The number of carbonyl (C=O) groups is 1. The first-order valence-electron chi connectivity index (χ1n) is 25.5. The molecule has 0 spiro atoms. The van der Waals surface area contributed by atoms with Crippen molar-refractivity contribution in [2.24, 2.45) is 5.92 Å². The van der Waals surface area contributed by atoms with E-state index in [1.807, 2.05) is 18.4 Å². The predicted molar refractivity (Wildman–Crippen MR) is 283 cm³/mol. The molecular weight excluding hydrogens is 955 g/mol. The van der Waals surface area contributed by atoms with Crippen molar-refractivity contribution < 1.29 is 32.2 Å². The van der Waals surface area contributed by atoms with Gasteiger partial charge in [-0.2, -0.15) is 13.2 Å². The molecular formula is C56H65F4N9O3S. The molecule has 2 saturated heterocycles. The minimum absolute atomic E-state index is 0.112. The van der Waals surface area contributed by atoms with Crippen LogP contribution in [0, 0.1) is 11.7 Å². The third-order valence-electron chi connectivity index (χ3n) is 14.2. The van der Waals surface area contributed by atoms with E-state index in [9.17, 15) is 27.5 Å². The molecule has 7 aromatic rings. The minimum Gasteiger partial charge on any atom is -0.489 e. The fourth-order valence-electron chi connectivity index (χ4n) is 10.3. The minimum atomic E-state index is -4.84. The van der Waals surface area contributed by atoms with E-state index in [2.05, 4.69) is 100.0 Å². The first-order chi connectivity index (χ1) is 35.5. The summed E-state index contributed by atoms with van der Waals surface area (Å²) >= 11 is 1.86. The standard InChI is InChI=1S/C56H65F4N9O3S/c1-3-69-50-13-8-39(31-61-2)26-46(50)45-11-9-42(30-51(45)69)53-28-41(37-73-53)6-4-5-18-66-21-23-67(24-22-66)35-38-15-19-68(20-16-38)54-34-63-49(33-64-54)55(71)65-44-10-14-52(43(29-44)32-62-17-25-70)72-36-40-7-12-48(57)47(27-40)56(58,59)60/h7-14,26-30,33-34,37-38,61-62,70H,3-6,15-25,31-32,35-36H2,1-2H3,(H,65,71). The number of carbonyl (C=O) groups excluding carboxylic acids is 1. The number of hydrogen-bond acceptors (Lipinski definition) is 11. The lowest BCUT2D eigenvalue weighted by Crippen LogP contribution is -2.49. The Labute approximate surface area is 428 Å². The lowest BCUT2D eigenvalue weighted by atomic mass is 9.96. The number of benzene rings is 4. The van der Waals surface area contributed by atoms with E-state index in [-0.39, 0.29) is 37.6 Å². The van der Waals surface area contributed by atoms with Crippen LogP contribution in [0.5, 0.6) is 5.75 Å². The van der Waals surface area contributed by atoms with Crippen LogP contribution in [-0.2, 0) is 38.8 Å². The van der Waals surface area contributed by atoms with E-state index in [4.69, 9.17) is 4.74 Å². The summed E-state index contributed by atoms with van der Waals surface area (Å²) in [6.07, 6.45) is 3.92. The molecule has 9 rings (SSSR count). The van der Waals surface area contributed by atoms with Crippen molar-refractivity contribution in [3.05, 3.63) is 136 Å². The summed E-state index contributed by atoms with van der Waals surface area (Å²) in [6, 6.07) is 23.8. The van der Waals surface area contributed by atoms with Gasteiger partial charge in [-0.25, -0.2) is 14.4 Å². The van der Waals surface area contributed by atoms with Gasteiger partial charge in [0.15, 0.2) is 0 Å². The van der Waals surface area contributed by atoms with Gasteiger partial charge < -0.3 is 45.1 Å². The number of aromatic nitrogens is 3. The molecule has 1 amide bonds. The van der Waals surface area contributed by atoms with Crippen LogP contribution in [0.25, 0.3) is 32.2 Å². The van der Waals surface area contributed by atoms with Crippen molar-refractivity contribution >= 4 is 50.6 Å². The van der Waals surface area contributed by atoms with E-state index >= 15 is 0 Å². The Hall–Kier alpha value is -5.95. The first-order valence-corrected chi connectivity index (χ1v) is 26.4. The molecule has 0 aliphatic carbocycles. The van der Waals surface area contributed by atoms with Gasteiger partial charge in [0.25, 0.3) is 5.91 Å². The van der Waals surface area contributed by atoms with Crippen LogP contribution in [-0.4, -0.2) is 108 Å².